The largest absolute Gasteiger partial charge is 0.355 e. The second-order valence-electron chi connectivity index (χ2n) is 4.03. The molecule has 1 rings (SSSR count). The number of rotatable bonds is 4. The molecule has 1 aromatic carbocycles. The molecule has 1 amide bonds. The summed E-state index contributed by atoms with van der Waals surface area (Å²) in [6.07, 6.45) is 0. The number of para-hydroxylation sites is 1. The molecule has 0 aliphatic heterocycles. The molecule has 0 spiro atoms. The van der Waals surface area contributed by atoms with Gasteiger partial charge in [-0.25, -0.2) is 0 Å². The number of hydrogen-bond donors (Lipinski definition) is 3. The number of likely N-dealkylation sites (N-methyl/N-ethyl adjacent to an activating group) is 1. The van der Waals surface area contributed by atoms with Crippen LogP contribution < -0.4 is 16.0 Å². The van der Waals surface area contributed by atoms with E-state index in [1.54, 1.807) is 6.92 Å². The number of aryl methyl sites for hydroxylation is 1. The Labute approximate surface area is 113 Å². The molecule has 0 aliphatic rings. The first-order chi connectivity index (χ1) is 8.54. The number of anilines is 1. The second-order valence-corrected chi connectivity index (χ2v) is 4.44. The van der Waals surface area contributed by atoms with Crippen LogP contribution >= 0.6 is 12.2 Å². The van der Waals surface area contributed by atoms with Crippen molar-refractivity contribution in [1.82, 2.24) is 10.6 Å². The Bertz CT molecular complexity index is 434. The molecule has 98 valence electrons. The van der Waals surface area contributed by atoms with E-state index >= 15 is 0 Å². The average molecular weight is 265 g/mol. The Kier molecular flexibility index (Phi) is 5.58. The minimum absolute atomic E-state index is 0.0635. The Morgan fingerprint density at radius 3 is 2.67 bits per heavy atom. The molecule has 5 heteroatoms. The minimum Gasteiger partial charge on any atom is -0.355 e. The first-order valence-electron chi connectivity index (χ1n) is 5.95. The maximum Gasteiger partial charge on any atom is 0.242 e. The van der Waals surface area contributed by atoms with E-state index in [2.05, 4.69) is 16.0 Å². The van der Waals surface area contributed by atoms with E-state index in [1.165, 1.54) is 0 Å². The van der Waals surface area contributed by atoms with Crippen LogP contribution in [0.15, 0.2) is 24.3 Å². The van der Waals surface area contributed by atoms with E-state index in [4.69, 9.17) is 12.2 Å². The van der Waals surface area contributed by atoms with Crippen molar-refractivity contribution in [2.45, 2.75) is 26.8 Å². The highest BCUT2D eigenvalue weighted by atomic mass is 32.1. The third kappa shape index (κ3) is 4.33. The molecular formula is C13H19N3OS. The van der Waals surface area contributed by atoms with E-state index in [9.17, 15) is 4.79 Å². The van der Waals surface area contributed by atoms with Crippen molar-refractivity contribution in [3.8, 4) is 0 Å². The van der Waals surface area contributed by atoms with E-state index in [-0.39, 0.29) is 11.9 Å². The van der Waals surface area contributed by atoms with Crippen molar-refractivity contribution in [1.29, 1.82) is 0 Å². The zero-order valence-electron chi connectivity index (χ0n) is 10.9. The van der Waals surface area contributed by atoms with Gasteiger partial charge in [0.25, 0.3) is 0 Å². The summed E-state index contributed by atoms with van der Waals surface area (Å²) in [5.41, 5.74) is 2.05. The van der Waals surface area contributed by atoms with Gasteiger partial charge in [0, 0.05) is 12.2 Å². The molecule has 0 radical (unpaired) electrons. The Morgan fingerprint density at radius 1 is 1.39 bits per heavy atom. The van der Waals surface area contributed by atoms with Gasteiger partial charge in [-0.05, 0) is 44.6 Å². The van der Waals surface area contributed by atoms with E-state index in [1.807, 2.05) is 38.1 Å². The van der Waals surface area contributed by atoms with Crippen LogP contribution in [0.4, 0.5) is 5.69 Å². The molecule has 18 heavy (non-hydrogen) atoms. The second kappa shape index (κ2) is 6.96. The molecule has 0 unspecified atom stereocenters. The number of carbonyl (C=O) groups excluding carboxylic acids is 1. The third-order valence-electron chi connectivity index (χ3n) is 2.49. The lowest BCUT2D eigenvalue weighted by Gasteiger charge is -2.17. The van der Waals surface area contributed by atoms with Gasteiger partial charge in [-0.15, -0.1) is 0 Å². The van der Waals surface area contributed by atoms with Gasteiger partial charge in [-0.3, -0.25) is 4.79 Å². The lowest BCUT2D eigenvalue weighted by molar-refractivity contribution is -0.122. The van der Waals surface area contributed by atoms with Gasteiger partial charge in [0.1, 0.15) is 6.04 Å². The zero-order valence-corrected chi connectivity index (χ0v) is 11.7. The van der Waals surface area contributed by atoms with Gasteiger partial charge in [0.15, 0.2) is 5.11 Å². The van der Waals surface area contributed by atoms with Crippen LogP contribution in [0.5, 0.6) is 0 Å². The highest BCUT2D eigenvalue weighted by Gasteiger charge is 2.12. The SMILES string of the molecule is CCNC(=O)[C@H](C)NC(=S)Nc1ccccc1C. The monoisotopic (exact) mass is 265 g/mol. The van der Waals surface area contributed by atoms with Gasteiger partial charge in [0.2, 0.25) is 5.91 Å². The molecule has 3 N–H and O–H groups in total. The van der Waals surface area contributed by atoms with Crippen LogP contribution in [0.1, 0.15) is 19.4 Å². The summed E-state index contributed by atoms with van der Waals surface area (Å²) in [5.74, 6) is -0.0635. The highest BCUT2D eigenvalue weighted by molar-refractivity contribution is 7.80. The molecule has 0 saturated carbocycles. The molecule has 1 atom stereocenters. The van der Waals surface area contributed by atoms with Crippen molar-refractivity contribution in [3.63, 3.8) is 0 Å². The van der Waals surface area contributed by atoms with E-state index < -0.39 is 0 Å². The van der Waals surface area contributed by atoms with Crippen molar-refractivity contribution < 1.29 is 4.79 Å². The summed E-state index contributed by atoms with van der Waals surface area (Å²) >= 11 is 5.17. The fraction of sp³-hybridized carbons (Fsp3) is 0.385. The summed E-state index contributed by atoms with van der Waals surface area (Å²) in [6, 6.07) is 7.49. The normalized spacial score (nSPS) is 11.5. The van der Waals surface area contributed by atoms with Crippen molar-refractivity contribution >= 4 is 28.9 Å². The first-order valence-corrected chi connectivity index (χ1v) is 6.36. The topological polar surface area (TPSA) is 53.2 Å². The molecule has 4 nitrogen and oxygen atoms in total. The van der Waals surface area contributed by atoms with Gasteiger partial charge in [-0.1, -0.05) is 18.2 Å². The molecule has 0 saturated heterocycles. The Morgan fingerprint density at radius 2 is 2.06 bits per heavy atom. The number of nitrogens with one attached hydrogen (secondary N) is 3. The number of thiocarbonyl (C=S) groups is 1. The molecule has 0 bridgehead atoms. The van der Waals surface area contributed by atoms with Crippen molar-refractivity contribution in [2.24, 2.45) is 0 Å². The number of benzene rings is 1. The number of amides is 1. The highest BCUT2D eigenvalue weighted by Crippen LogP contribution is 2.12. The van der Waals surface area contributed by atoms with Gasteiger partial charge in [-0.2, -0.15) is 0 Å². The van der Waals surface area contributed by atoms with Crippen LogP contribution in [-0.4, -0.2) is 23.6 Å². The summed E-state index contributed by atoms with van der Waals surface area (Å²) in [5, 5.41) is 9.21. The lowest BCUT2D eigenvalue weighted by Crippen LogP contribution is -2.46. The summed E-state index contributed by atoms with van der Waals surface area (Å²) in [6.45, 7) is 6.27. The maximum atomic E-state index is 11.5. The first kappa shape index (κ1) is 14.4. The van der Waals surface area contributed by atoms with Gasteiger partial charge in [0.05, 0.1) is 0 Å². The minimum atomic E-state index is -0.353. The Hall–Kier alpha value is -1.62. The molecule has 0 heterocycles. The molecule has 0 aromatic heterocycles. The quantitative estimate of drug-likeness (QED) is 0.727. The van der Waals surface area contributed by atoms with Crippen molar-refractivity contribution in [3.05, 3.63) is 29.8 Å². The van der Waals surface area contributed by atoms with Crippen LogP contribution in [0.3, 0.4) is 0 Å². The third-order valence-corrected chi connectivity index (χ3v) is 2.71. The summed E-state index contributed by atoms with van der Waals surface area (Å²) < 4.78 is 0. The van der Waals surface area contributed by atoms with Gasteiger partial charge < -0.3 is 16.0 Å². The van der Waals surface area contributed by atoms with Crippen molar-refractivity contribution in [2.75, 3.05) is 11.9 Å². The smallest absolute Gasteiger partial charge is 0.242 e. The predicted octanol–water partition coefficient (Wildman–Crippen LogP) is 1.81. The zero-order chi connectivity index (χ0) is 13.5. The molecule has 0 fully saturated rings. The summed E-state index contributed by atoms with van der Waals surface area (Å²) in [4.78, 5) is 11.5. The van der Waals surface area contributed by atoms with Crippen LogP contribution in [0.2, 0.25) is 0 Å². The maximum absolute atomic E-state index is 11.5. The summed E-state index contributed by atoms with van der Waals surface area (Å²) in [7, 11) is 0. The van der Waals surface area contributed by atoms with Crippen LogP contribution in [0.25, 0.3) is 0 Å². The molecular weight excluding hydrogens is 246 g/mol. The molecule has 0 aliphatic carbocycles. The lowest BCUT2D eigenvalue weighted by atomic mass is 10.2. The average Bonchev–Trinajstić information content (AvgIpc) is 2.32. The fourth-order valence-corrected chi connectivity index (χ4v) is 1.75. The molecule has 1 aromatic rings. The number of hydrogen-bond acceptors (Lipinski definition) is 2. The van der Waals surface area contributed by atoms with Gasteiger partial charge >= 0.3 is 0 Å². The van der Waals surface area contributed by atoms with E-state index in [0.29, 0.717) is 11.7 Å². The number of carbonyl (C=O) groups is 1. The fourth-order valence-electron chi connectivity index (χ4n) is 1.46. The standard InChI is InChI=1S/C13H19N3OS/c1-4-14-12(17)10(3)15-13(18)16-11-8-6-5-7-9(11)2/h5-8,10H,4H2,1-3H3,(H,14,17)(H2,15,16,18)/t10-/m0/s1. The van der Waals surface area contributed by atoms with Crippen LogP contribution in [0, 0.1) is 6.92 Å². The predicted molar refractivity (Wildman–Crippen MR) is 78.7 cm³/mol. The van der Waals surface area contributed by atoms with E-state index in [0.717, 1.165) is 11.3 Å². The Balaban J connectivity index is 2.52. The van der Waals surface area contributed by atoms with Crippen LogP contribution in [-0.2, 0) is 4.79 Å².